The first kappa shape index (κ1) is 15.7. The van der Waals surface area contributed by atoms with Gasteiger partial charge in [0.25, 0.3) is 0 Å². The van der Waals surface area contributed by atoms with Crippen molar-refractivity contribution >= 4 is 6.21 Å². The number of aromatic hydroxyl groups is 1. The van der Waals surface area contributed by atoms with Gasteiger partial charge in [-0.1, -0.05) is 51.5 Å². The number of hydrogen-bond donors (Lipinski definition) is 1. The topological polar surface area (TPSA) is 32.6 Å². The third-order valence-electron chi connectivity index (χ3n) is 3.43. The van der Waals surface area contributed by atoms with Gasteiger partial charge in [0.1, 0.15) is 5.75 Å². The van der Waals surface area contributed by atoms with Crippen molar-refractivity contribution in [1.82, 2.24) is 0 Å². The Morgan fingerprint density at radius 1 is 1.05 bits per heavy atom. The summed E-state index contributed by atoms with van der Waals surface area (Å²) in [6.45, 7) is 2.25. The van der Waals surface area contributed by atoms with E-state index in [1.807, 2.05) is 12.1 Å². The first-order valence-corrected chi connectivity index (χ1v) is 7.52. The Bertz CT molecular complexity index is 385. The second kappa shape index (κ2) is 9.60. The zero-order valence-electron chi connectivity index (χ0n) is 12.4. The first-order valence-electron chi connectivity index (χ1n) is 7.52. The van der Waals surface area contributed by atoms with Crippen LogP contribution in [0.5, 0.6) is 5.75 Å². The highest BCUT2D eigenvalue weighted by atomic mass is 16.3. The predicted octanol–water partition coefficient (Wildman–Crippen LogP) is 4.73. The number of aryl methyl sites for hydroxylation is 1. The largest absolute Gasteiger partial charge is 0.507 e. The molecule has 19 heavy (non-hydrogen) atoms. The summed E-state index contributed by atoms with van der Waals surface area (Å²) in [7, 11) is 1.72. The van der Waals surface area contributed by atoms with E-state index in [1.54, 1.807) is 19.3 Å². The minimum Gasteiger partial charge on any atom is -0.507 e. The molecule has 2 nitrogen and oxygen atoms in total. The van der Waals surface area contributed by atoms with Gasteiger partial charge in [0.2, 0.25) is 0 Å². The van der Waals surface area contributed by atoms with Gasteiger partial charge < -0.3 is 5.11 Å². The van der Waals surface area contributed by atoms with Crippen molar-refractivity contribution in [1.29, 1.82) is 0 Å². The molecule has 0 aromatic heterocycles. The summed E-state index contributed by atoms with van der Waals surface area (Å²) >= 11 is 0. The number of phenols is 1. The fraction of sp³-hybridized carbons (Fsp3) is 0.588. The van der Waals surface area contributed by atoms with Gasteiger partial charge in [-0.15, -0.1) is 0 Å². The molecule has 0 spiro atoms. The molecule has 0 bridgehead atoms. The SMILES string of the molecule is CCCCCCCCCc1ccc(O)c(C=NC)c1. The van der Waals surface area contributed by atoms with Gasteiger partial charge in [0.15, 0.2) is 0 Å². The molecule has 1 rings (SSSR count). The Balaban J connectivity index is 2.27. The Morgan fingerprint density at radius 2 is 1.74 bits per heavy atom. The maximum Gasteiger partial charge on any atom is 0.124 e. The van der Waals surface area contributed by atoms with Crippen LogP contribution in [-0.2, 0) is 6.42 Å². The molecule has 0 radical (unpaired) electrons. The van der Waals surface area contributed by atoms with E-state index < -0.39 is 0 Å². The third kappa shape index (κ3) is 6.42. The molecule has 0 heterocycles. The van der Waals surface area contributed by atoms with Gasteiger partial charge in [0.05, 0.1) is 0 Å². The van der Waals surface area contributed by atoms with Gasteiger partial charge in [-0.3, -0.25) is 4.99 Å². The lowest BCUT2D eigenvalue weighted by Crippen LogP contribution is -1.90. The van der Waals surface area contributed by atoms with Crippen molar-refractivity contribution in [3.8, 4) is 5.75 Å². The summed E-state index contributed by atoms with van der Waals surface area (Å²) in [6.07, 6.45) is 12.1. The molecule has 0 saturated heterocycles. The Morgan fingerprint density at radius 3 is 2.42 bits per heavy atom. The minimum atomic E-state index is 0.314. The number of hydrogen-bond acceptors (Lipinski definition) is 2. The molecule has 0 aliphatic heterocycles. The van der Waals surface area contributed by atoms with E-state index in [1.165, 1.54) is 50.5 Å². The molecule has 0 amide bonds. The number of unbranched alkanes of at least 4 members (excludes halogenated alkanes) is 6. The van der Waals surface area contributed by atoms with Crippen molar-refractivity contribution in [3.63, 3.8) is 0 Å². The standard InChI is InChI=1S/C17H27NO/c1-3-4-5-6-7-8-9-10-15-11-12-17(19)16(13-15)14-18-2/h11-14,19H,3-10H2,1-2H3. The zero-order chi connectivity index (χ0) is 13.9. The van der Waals surface area contributed by atoms with Crippen LogP contribution in [0, 0.1) is 0 Å². The first-order chi connectivity index (χ1) is 9.27. The van der Waals surface area contributed by atoms with Gasteiger partial charge in [0, 0.05) is 18.8 Å². The number of nitrogens with zero attached hydrogens (tertiary/aromatic N) is 1. The predicted molar refractivity (Wildman–Crippen MR) is 83.3 cm³/mol. The highest BCUT2D eigenvalue weighted by molar-refractivity contribution is 5.83. The van der Waals surface area contributed by atoms with Crippen LogP contribution < -0.4 is 0 Å². The number of aliphatic imine (C=N–C) groups is 1. The Hall–Kier alpha value is -1.31. The maximum absolute atomic E-state index is 9.67. The highest BCUT2D eigenvalue weighted by Gasteiger charge is 2.00. The monoisotopic (exact) mass is 261 g/mol. The summed E-state index contributed by atoms with van der Waals surface area (Å²) in [5.41, 5.74) is 2.12. The van der Waals surface area contributed by atoms with Crippen LogP contribution >= 0.6 is 0 Å². The van der Waals surface area contributed by atoms with E-state index in [0.717, 1.165) is 12.0 Å². The average molecular weight is 261 g/mol. The van der Waals surface area contributed by atoms with Crippen LogP contribution in [-0.4, -0.2) is 18.4 Å². The van der Waals surface area contributed by atoms with E-state index in [9.17, 15) is 5.11 Å². The molecule has 0 fully saturated rings. The average Bonchev–Trinajstić information content (AvgIpc) is 2.41. The second-order valence-electron chi connectivity index (χ2n) is 5.15. The molecular weight excluding hydrogens is 234 g/mol. The van der Waals surface area contributed by atoms with Gasteiger partial charge in [-0.05, 0) is 30.5 Å². The van der Waals surface area contributed by atoms with E-state index in [-0.39, 0.29) is 0 Å². The molecule has 0 saturated carbocycles. The molecule has 0 aliphatic carbocycles. The van der Waals surface area contributed by atoms with E-state index in [2.05, 4.69) is 11.9 Å². The molecule has 1 aromatic rings. The molecule has 0 unspecified atom stereocenters. The van der Waals surface area contributed by atoms with Crippen LogP contribution in [0.25, 0.3) is 0 Å². The second-order valence-corrected chi connectivity index (χ2v) is 5.15. The molecular formula is C17H27NO. The van der Waals surface area contributed by atoms with Crippen molar-refractivity contribution in [2.24, 2.45) is 4.99 Å². The van der Waals surface area contributed by atoms with Crippen molar-refractivity contribution in [2.45, 2.75) is 58.3 Å². The minimum absolute atomic E-state index is 0.314. The highest BCUT2D eigenvalue weighted by Crippen LogP contribution is 2.18. The summed E-state index contributed by atoms with van der Waals surface area (Å²) in [5, 5.41) is 9.67. The summed E-state index contributed by atoms with van der Waals surface area (Å²) < 4.78 is 0. The van der Waals surface area contributed by atoms with E-state index >= 15 is 0 Å². The fourth-order valence-corrected chi connectivity index (χ4v) is 2.29. The molecule has 106 valence electrons. The van der Waals surface area contributed by atoms with Crippen molar-refractivity contribution in [2.75, 3.05) is 7.05 Å². The fourth-order valence-electron chi connectivity index (χ4n) is 2.29. The van der Waals surface area contributed by atoms with Gasteiger partial charge in [-0.25, -0.2) is 0 Å². The van der Waals surface area contributed by atoms with E-state index in [0.29, 0.717) is 5.75 Å². The molecule has 0 aliphatic rings. The van der Waals surface area contributed by atoms with Gasteiger partial charge >= 0.3 is 0 Å². The number of benzene rings is 1. The van der Waals surface area contributed by atoms with Crippen LogP contribution in [0.4, 0.5) is 0 Å². The van der Waals surface area contributed by atoms with Crippen molar-refractivity contribution in [3.05, 3.63) is 29.3 Å². The number of phenolic OH excluding ortho intramolecular Hbond substituents is 1. The van der Waals surface area contributed by atoms with E-state index in [4.69, 9.17) is 0 Å². The summed E-state index contributed by atoms with van der Waals surface area (Å²) in [5.74, 6) is 0.314. The number of rotatable bonds is 9. The quantitative estimate of drug-likeness (QED) is 0.505. The lowest BCUT2D eigenvalue weighted by atomic mass is 10.0. The Labute approximate surface area is 117 Å². The molecule has 2 heteroatoms. The van der Waals surface area contributed by atoms with Crippen LogP contribution in [0.2, 0.25) is 0 Å². The maximum atomic E-state index is 9.67. The lowest BCUT2D eigenvalue weighted by Gasteiger charge is -2.05. The molecule has 0 atom stereocenters. The van der Waals surface area contributed by atoms with Crippen molar-refractivity contribution < 1.29 is 5.11 Å². The summed E-state index contributed by atoms with van der Waals surface area (Å²) in [4.78, 5) is 3.96. The molecule has 1 aromatic carbocycles. The smallest absolute Gasteiger partial charge is 0.124 e. The van der Waals surface area contributed by atoms with Crippen LogP contribution in [0.15, 0.2) is 23.2 Å². The molecule has 1 N–H and O–H groups in total. The van der Waals surface area contributed by atoms with Crippen LogP contribution in [0.3, 0.4) is 0 Å². The lowest BCUT2D eigenvalue weighted by molar-refractivity contribution is 0.474. The summed E-state index contributed by atoms with van der Waals surface area (Å²) in [6, 6.07) is 5.83. The normalized spacial score (nSPS) is 11.3. The Kier molecular flexibility index (Phi) is 7.95. The third-order valence-corrected chi connectivity index (χ3v) is 3.43. The zero-order valence-corrected chi connectivity index (χ0v) is 12.4. The van der Waals surface area contributed by atoms with Gasteiger partial charge in [-0.2, -0.15) is 0 Å². The van der Waals surface area contributed by atoms with Crippen LogP contribution in [0.1, 0.15) is 63.0 Å².